The molecule has 0 aliphatic rings. The predicted molar refractivity (Wildman–Crippen MR) is 135 cm³/mol. The maximum absolute atomic E-state index is 12.8. The summed E-state index contributed by atoms with van der Waals surface area (Å²) in [6, 6.07) is 15.2. The number of para-hydroxylation sites is 1. The van der Waals surface area contributed by atoms with E-state index in [9.17, 15) is 9.59 Å². The van der Waals surface area contributed by atoms with Gasteiger partial charge < -0.3 is 14.6 Å². The molecule has 4 aromatic rings. The molecule has 1 N–H and O–H groups in total. The maximum Gasteiger partial charge on any atom is 0.256 e. The Balaban J connectivity index is 1.34. The smallest absolute Gasteiger partial charge is 0.256 e. The number of carbonyl (C=O) groups is 1. The van der Waals surface area contributed by atoms with Crippen molar-refractivity contribution in [3.05, 3.63) is 92.7 Å². The topological polar surface area (TPSA) is 76.5 Å². The summed E-state index contributed by atoms with van der Waals surface area (Å²) in [6.45, 7) is 3.72. The van der Waals surface area contributed by atoms with Crippen molar-refractivity contribution < 1.29 is 9.53 Å². The number of thiazole rings is 1. The van der Waals surface area contributed by atoms with Crippen LogP contribution in [-0.2, 0) is 20.1 Å². The molecule has 0 aliphatic carbocycles. The molecule has 0 aliphatic heterocycles. The molecule has 0 saturated heterocycles. The summed E-state index contributed by atoms with van der Waals surface area (Å²) in [4.78, 5) is 32.0. The van der Waals surface area contributed by atoms with Crippen LogP contribution < -0.4 is 15.5 Å². The second-order valence-corrected chi connectivity index (χ2v) is 9.16. The van der Waals surface area contributed by atoms with Crippen molar-refractivity contribution in [3.8, 4) is 5.75 Å². The summed E-state index contributed by atoms with van der Waals surface area (Å²) in [7, 11) is 3.88. The lowest BCUT2D eigenvalue weighted by Gasteiger charge is -2.18. The summed E-state index contributed by atoms with van der Waals surface area (Å²) in [5, 5.41) is 5.41. The van der Waals surface area contributed by atoms with Crippen molar-refractivity contribution in [2.45, 2.75) is 26.1 Å². The highest BCUT2D eigenvalue weighted by molar-refractivity contribution is 7.07. The zero-order chi connectivity index (χ0) is 24.1. The van der Waals surface area contributed by atoms with Gasteiger partial charge >= 0.3 is 0 Å². The lowest BCUT2D eigenvalue weighted by molar-refractivity contribution is 0.0930. The Kier molecular flexibility index (Phi) is 7.40. The SMILES string of the molecule is C[C@H](CNC(=O)c1cn(C)c2ccccc2c1=O)Oc1cccc(CN(C)Cc2cscn2)c1. The number of ether oxygens (including phenoxy) is 1. The van der Waals surface area contributed by atoms with E-state index in [1.807, 2.05) is 49.8 Å². The molecular weight excluding hydrogens is 448 g/mol. The number of aromatic nitrogens is 2. The fraction of sp³-hybridized carbons (Fsp3) is 0.269. The minimum absolute atomic E-state index is 0.124. The van der Waals surface area contributed by atoms with Gasteiger partial charge in [0.15, 0.2) is 0 Å². The molecule has 2 aromatic carbocycles. The number of nitrogens with one attached hydrogen (secondary N) is 1. The van der Waals surface area contributed by atoms with E-state index in [1.165, 1.54) is 0 Å². The van der Waals surface area contributed by atoms with Gasteiger partial charge in [-0.05, 0) is 43.8 Å². The quantitative estimate of drug-likeness (QED) is 0.397. The predicted octanol–water partition coefficient (Wildman–Crippen LogP) is 3.82. The van der Waals surface area contributed by atoms with E-state index in [0.717, 1.165) is 35.6 Å². The number of hydrogen-bond acceptors (Lipinski definition) is 6. The van der Waals surface area contributed by atoms with Crippen molar-refractivity contribution in [1.29, 1.82) is 0 Å². The Morgan fingerprint density at radius 1 is 1.21 bits per heavy atom. The van der Waals surface area contributed by atoms with E-state index in [2.05, 4.69) is 33.7 Å². The van der Waals surface area contributed by atoms with Gasteiger partial charge in [-0.1, -0.05) is 24.3 Å². The Labute approximate surface area is 202 Å². The first kappa shape index (κ1) is 23.7. The third-order valence-electron chi connectivity index (χ3n) is 5.49. The zero-order valence-corrected chi connectivity index (χ0v) is 20.3. The molecule has 0 radical (unpaired) electrons. The maximum atomic E-state index is 12.8. The minimum atomic E-state index is -0.404. The molecule has 8 heteroatoms. The van der Waals surface area contributed by atoms with Gasteiger partial charge in [-0.2, -0.15) is 0 Å². The van der Waals surface area contributed by atoms with Gasteiger partial charge in [0.25, 0.3) is 5.91 Å². The van der Waals surface area contributed by atoms with Gasteiger partial charge in [0.1, 0.15) is 17.4 Å². The molecule has 1 amide bonds. The number of amides is 1. The molecule has 2 aromatic heterocycles. The van der Waals surface area contributed by atoms with E-state index in [0.29, 0.717) is 5.39 Å². The number of fused-ring (bicyclic) bond motifs is 1. The molecule has 0 spiro atoms. The number of nitrogens with zero attached hydrogens (tertiary/aromatic N) is 3. The van der Waals surface area contributed by atoms with E-state index in [-0.39, 0.29) is 23.6 Å². The highest BCUT2D eigenvalue weighted by Gasteiger charge is 2.15. The number of rotatable bonds is 9. The van der Waals surface area contributed by atoms with Gasteiger partial charge in [0, 0.05) is 37.1 Å². The Morgan fingerprint density at radius 2 is 2.03 bits per heavy atom. The lowest BCUT2D eigenvalue weighted by atomic mass is 10.1. The summed E-state index contributed by atoms with van der Waals surface area (Å²) in [5.74, 6) is 0.335. The second kappa shape index (κ2) is 10.6. The van der Waals surface area contributed by atoms with Gasteiger partial charge in [-0.15, -0.1) is 11.3 Å². The molecule has 4 rings (SSSR count). The van der Waals surface area contributed by atoms with Gasteiger partial charge in [-0.25, -0.2) is 4.98 Å². The average Bonchev–Trinajstić information content (AvgIpc) is 3.33. The molecule has 0 fully saturated rings. The Bertz CT molecular complexity index is 1330. The van der Waals surface area contributed by atoms with Crippen LogP contribution in [0.15, 0.2) is 70.4 Å². The van der Waals surface area contributed by atoms with Gasteiger partial charge in [-0.3, -0.25) is 14.5 Å². The van der Waals surface area contributed by atoms with Crippen LogP contribution in [0.4, 0.5) is 0 Å². The van der Waals surface area contributed by atoms with Crippen LogP contribution in [-0.4, -0.2) is 40.1 Å². The first-order valence-corrected chi connectivity index (χ1v) is 12.0. The fourth-order valence-corrected chi connectivity index (χ4v) is 4.43. The monoisotopic (exact) mass is 476 g/mol. The summed E-state index contributed by atoms with van der Waals surface area (Å²) >= 11 is 1.60. The largest absolute Gasteiger partial charge is 0.489 e. The van der Waals surface area contributed by atoms with Crippen molar-refractivity contribution in [2.75, 3.05) is 13.6 Å². The van der Waals surface area contributed by atoms with Crippen LogP contribution in [0.5, 0.6) is 5.75 Å². The van der Waals surface area contributed by atoms with Crippen molar-refractivity contribution >= 4 is 28.1 Å². The molecule has 0 bridgehead atoms. The summed E-state index contributed by atoms with van der Waals surface area (Å²) in [6.07, 6.45) is 1.31. The Morgan fingerprint density at radius 3 is 2.82 bits per heavy atom. The normalized spacial score (nSPS) is 12.1. The number of pyridine rings is 1. The number of carbonyl (C=O) groups excluding carboxylic acids is 1. The highest BCUT2D eigenvalue weighted by atomic mass is 32.1. The third-order valence-corrected chi connectivity index (χ3v) is 6.13. The molecule has 0 unspecified atom stereocenters. The second-order valence-electron chi connectivity index (χ2n) is 8.44. The Hall–Kier alpha value is -3.49. The highest BCUT2D eigenvalue weighted by Crippen LogP contribution is 2.17. The number of hydrogen-bond donors (Lipinski definition) is 1. The van der Waals surface area contributed by atoms with E-state index < -0.39 is 5.91 Å². The van der Waals surface area contributed by atoms with Crippen LogP contribution in [0.3, 0.4) is 0 Å². The molecule has 34 heavy (non-hydrogen) atoms. The van der Waals surface area contributed by atoms with Crippen LogP contribution in [0.1, 0.15) is 28.5 Å². The molecule has 0 saturated carbocycles. The summed E-state index contributed by atoms with van der Waals surface area (Å²) < 4.78 is 7.82. The molecule has 7 nitrogen and oxygen atoms in total. The molecule has 2 heterocycles. The number of aryl methyl sites for hydroxylation is 1. The van der Waals surface area contributed by atoms with Gasteiger partial charge in [0.05, 0.1) is 23.3 Å². The zero-order valence-electron chi connectivity index (χ0n) is 19.5. The van der Waals surface area contributed by atoms with Crippen LogP contribution in [0, 0.1) is 0 Å². The average molecular weight is 477 g/mol. The van der Waals surface area contributed by atoms with E-state index in [1.54, 1.807) is 34.2 Å². The van der Waals surface area contributed by atoms with E-state index >= 15 is 0 Å². The minimum Gasteiger partial charge on any atom is -0.489 e. The molecular formula is C26H28N4O3S. The van der Waals surface area contributed by atoms with E-state index in [4.69, 9.17) is 4.74 Å². The van der Waals surface area contributed by atoms with Crippen LogP contribution >= 0.6 is 11.3 Å². The lowest BCUT2D eigenvalue weighted by Crippen LogP contribution is -2.36. The first-order valence-electron chi connectivity index (χ1n) is 11.1. The van der Waals surface area contributed by atoms with Crippen molar-refractivity contribution in [2.24, 2.45) is 7.05 Å². The third kappa shape index (κ3) is 5.70. The van der Waals surface area contributed by atoms with Crippen LogP contribution in [0.2, 0.25) is 0 Å². The standard InChI is InChI=1S/C26H28N4O3S/c1-18(12-27-26(32)23-15-30(3)24-10-5-4-9-22(24)25(23)31)33-21-8-6-7-19(11-21)13-29(2)14-20-16-34-17-28-20/h4-11,15-18H,12-14H2,1-3H3,(H,27,32)/t18-/m1/s1. The summed E-state index contributed by atoms with van der Waals surface area (Å²) in [5.41, 5.74) is 4.68. The van der Waals surface area contributed by atoms with Crippen molar-refractivity contribution in [3.63, 3.8) is 0 Å². The molecule has 176 valence electrons. The number of benzene rings is 2. The van der Waals surface area contributed by atoms with Gasteiger partial charge in [0.2, 0.25) is 5.43 Å². The fourth-order valence-electron chi connectivity index (χ4n) is 3.88. The molecule has 1 atom stereocenters. The van der Waals surface area contributed by atoms with Crippen molar-refractivity contribution in [1.82, 2.24) is 19.8 Å². The van der Waals surface area contributed by atoms with Crippen LogP contribution in [0.25, 0.3) is 10.9 Å². The first-order chi connectivity index (χ1) is 16.4.